The predicted octanol–water partition coefficient (Wildman–Crippen LogP) is 1.34. The van der Waals surface area contributed by atoms with Crippen LogP contribution in [-0.4, -0.2) is 60.6 Å². The number of nitrogens with zero attached hydrogens (tertiary/aromatic N) is 1. The number of carbonyl (C=O) groups is 4. The molecule has 1 aliphatic rings. The highest BCUT2D eigenvalue weighted by molar-refractivity contribution is 7.14. The van der Waals surface area contributed by atoms with Crippen molar-refractivity contribution in [2.45, 2.75) is 19.1 Å². The molecule has 184 valence electrons. The number of thiophene rings is 1. The van der Waals surface area contributed by atoms with Gasteiger partial charge in [-0.05, 0) is 30.2 Å². The van der Waals surface area contributed by atoms with E-state index in [1.165, 1.54) is 6.08 Å². The van der Waals surface area contributed by atoms with Gasteiger partial charge in [0.2, 0.25) is 0 Å². The third kappa shape index (κ3) is 8.59. The van der Waals surface area contributed by atoms with E-state index in [4.69, 9.17) is 4.74 Å². The molecule has 0 fully saturated rings. The average Bonchev–Trinajstić information content (AvgIpc) is 3.34. The Hall–Kier alpha value is -4.19. The second-order valence-electron chi connectivity index (χ2n) is 7.34. The molecule has 2 heterocycles. The lowest BCUT2D eigenvalue weighted by Crippen LogP contribution is -2.48. The second kappa shape index (κ2) is 12.9. The van der Waals surface area contributed by atoms with Crippen LogP contribution in [0.15, 0.2) is 53.5 Å². The predicted molar refractivity (Wildman–Crippen MR) is 130 cm³/mol. The minimum absolute atomic E-state index is 0.0144. The summed E-state index contributed by atoms with van der Waals surface area (Å²) < 4.78 is 5.02. The topological polar surface area (TPSA) is 158 Å². The summed E-state index contributed by atoms with van der Waals surface area (Å²) in [6.45, 7) is 1.05. The van der Waals surface area contributed by atoms with Gasteiger partial charge in [0.25, 0.3) is 11.8 Å². The number of alkyl carbamates (subject to hydrolysis) is 1. The van der Waals surface area contributed by atoms with E-state index in [1.807, 2.05) is 6.07 Å². The van der Waals surface area contributed by atoms with Crippen LogP contribution in [0, 0.1) is 0 Å². The molecule has 0 saturated carbocycles. The van der Waals surface area contributed by atoms with Crippen LogP contribution in [0.4, 0.5) is 4.79 Å². The Morgan fingerprint density at radius 1 is 1.17 bits per heavy atom. The van der Waals surface area contributed by atoms with Crippen LogP contribution in [0.3, 0.4) is 0 Å². The zero-order chi connectivity index (χ0) is 25.0. The molecule has 1 aliphatic heterocycles. The van der Waals surface area contributed by atoms with Crippen molar-refractivity contribution >= 4 is 47.2 Å². The van der Waals surface area contributed by atoms with E-state index in [0.29, 0.717) is 22.3 Å². The van der Waals surface area contributed by atoms with Crippen LogP contribution >= 0.6 is 11.3 Å². The average molecular weight is 500 g/mol. The van der Waals surface area contributed by atoms with Crippen molar-refractivity contribution in [3.8, 4) is 0 Å². The van der Waals surface area contributed by atoms with E-state index >= 15 is 0 Å². The molecule has 0 saturated heterocycles. The van der Waals surface area contributed by atoms with Crippen molar-refractivity contribution in [3.63, 3.8) is 0 Å². The number of benzene rings is 1. The summed E-state index contributed by atoms with van der Waals surface area (Å²) in [4.78, 5) is 53.0. The number of ether oxygens (including phenoxy) is 1. The van der Waals surface area contributed by atoms with Crippen LogP contribution in [0.25, 0.3) is 6.08 Å². The monoisotopic (exact) mass is 499 g/mol. The highest BCUT2D eigenvalue weighted by Crippen LogP contribution is 2.17. The fraction of sp³-hybridized carbons (Fsp3) is 0.261. The number of carboxylic acids is 1. The van der Waals surface area contributed by atoms with Crippen molar-refractivity contribution in [1.82, 2.24) is 21.3 Å². The molecule has 3 amide bonds. The summed E-state index contributed by atoms with van der Waals surface area (Å²) in [7, 11) is 0. The number of aliphatic carboxylic acids is 1. The SMILES string of the molecule is O=C(C=Cc1ccc(C(=O)NCC(NC(=O)OCc2ccccc2)C(=O)O)s1)NC1=NCCCN1. The standard InChI is InChI=1S/C23H25N5O6S/c29-19(28-22-24-11-4-12-25-22)10-8-16-7-9-18(35-16)20(30)26-13-17(21(31)32)27-23(33)34-14-15-5-2-1-3-6-15/h1-3,5-10,17H,4,11-14H2,(H,26,30)(H,27,33)(H,31,32)(H2,24,25,28,29). The third-order valence-corrected chi connectivity index (χ3v) is 5.71. The number of carboxylic acid groups (broad SMARTS) is 1. The molecular weight excluding hydrogens is 474 g/mol. The van der Waals surface area contributed by atoms with Crippen molar-refractivity contribution in [3.05, 3.63) is 63.9 Å². The first-order chi connectivity index (χ1) is 16.9. The largest absolute Gasteiger partial charge is 0.480 e. The lowest BCUT2D eigenvalue weighted by Gasteiger charge is -2.15. The van der Waals surface area contributed by atoms with E-state index in [-0.39, 0.29) is 19.1 Å². The van der Waals surface area contributed by atoms with Gasteiger partial charge >= 0.3 is 12.1 Å². The van der Waals surface area contributed by atoms with Gasteiger partial charge in [0.05, 0.1) is 4.88 Å². The van der Waals surface area contributed by atoms with Gasteiger partial charge in [-0.3, -0.25) is 19.9 Å². The molecule has 11 nitrogen and oxygen atoms in total. The third-order valence-electron chi connectivity index (χ3n) is 4.66. The first-order valence-electron chi connectivity index (χ1n) is 10.8. The van der Waals surface area contributed by atoms with E-state index in [2.05, 4.69) is 26.3 Å². The van der Waals surface area contributed by atoms with Crippen LogP contribution in [0.2, 0.25) is 0 Å². The molecule has 12 heteroatoms. The number of carbonyl (C=O) groups excluding carboxylic acids is 3. The minimum Gasteiger partial charge on any atom is -0.480 e. The normalized spacial score (nSPS) is 13.8. The molecule has 1 unspecified atom stereocenters. The quantitative estimate of drug-likeness (QED) is 0.326. The number of amides is 3. The fourth-order valence-electron chi connectivity index (χ4n) is 2.89. The summed E-state index contributed by atoms with van der Waals surface area (Å²) in [5.41, 5.74) is 0.752. The summed E-state index contributed by atoms with van der Waals surface area (Å²) in [5.74, 6) is -1.75. The highest BCUT2D eigenvalue weighted by atomic mass is 32.1. The first kappa shape index (κ1) is 25.4. The molecule has 2 aromatic rings. The number of hydrogen-bond donors (Lipinski definition) is 5. The van der Waals surface area contributed by atoms with Crippen LogP contribution < -0.4 is 21.3 Å². The molecule has 1 atom stereocenters. The maximum absolute atomic E-state index is 12.4. The van der Waals surface area contributed by atoms with Gasteiger partial charge in [-0.1, -0.05) is 30.3 Å². The zero-order valence-corrected chi connectivity index (χ0v) is 19.5. The van der Waals surface area contributed by atoms with Crippen molar-refractivity contribution < 1.29 is 29.0 Å². The highest BCUT2D eigenvalue weighted by Gasteiger charge is 2.22. The summed E-state index contributed by atoms with van der Waals surface area (Å²) in [6.07, 6.45) is 2.89. The summed E-state index contributed by atoms with van der Waals surface area (Å²) in [6, 6.07) is 10.8. The molecular formula is C23H25N5O6S. The van der Waals surface area contributed by atoms with Crippen molar-refractivity contribution in [2.75, 3.05) is 19.6 Å². The van der Waals surface area contributed by atoms with Gasteiger partial charge in [-0.15, -0.1) is 11.3 Å². The van der Waals surface area contributed by atoms with Gasteiger partial charge < -0.3 is 25.8 Å². The van der Waals surface area contributed by atoms with Gasteiger partial charge in [0, 0.05) is 30.6 Å². The molecule has 0 aliphatic carbocycles. The van der Waals surface area contributed by atoms with E-state index in [9.17, 15) is 24.3 Å². The van der Waals surface area contributed by atoms with E-state index < -0.39 is 24.0 Å². The van der Waals surface area contributed by atoms with E-state index in [1.54, 1.807) is 42.5 Å². The van der Waals surface area contributed by atoms with Crippen LogP contribution in [-0.2, 0) is 20.9 Å². The Morgan fingerprint density at radius 3 is 2.69 bits per heavy atom. The molecule has 5 N–H and O–H groups in total. The molecule has 1 aromatic heterocycles. The smallest absolute Gasteiger partial charge is 0.408 e. The van der Waals surface area contributed by atoms with Crippen LogP contribution in [0.1, 0.15) is 26.5 Å². The van der Waals surface area contributed by atoms with Gasteiger partial charge in [-0.2, -0.15) is 0 Å². The first-order valence-corrected chi connectivity index (χ1v) is 11.6. The number of nitrogens with one attached hydrogen (secondary N) is 4. The number of guanidine groups is 1. The lowest BCUT2D eigenvalue weighted by atomic mass is 10.2. The summed E-state index contributed by atoms with van der Waals surface area (Å²) in [5, 5.41) is 19.7. The number of hydrogen-bond acceptors (Lipinski definition) is 8. The molecule has 3 rings (SSSR count). The van der Waals surface area contributed by atoms with Crippen molar-refractivity contribution in [1.29, 1.82) is 0 Å². The Kier molecular flexibility index (Phi) is 9.37. The zero-order valence-electron chi connectivity index (χ0n) is 18.7. The van der Waals surface area contributed by atoms with Crippen LogP contribution in [0.5, 0.6) is 0 Å². The summed E-state index contributed by atoms with van der Waals surface area (Å²) >= 11 is 1.12. The molecule has 0 bridgehead atoms. The van der Waals surface area contributed by atoms with E-state index in [0.717, 1.165) is 29.9 Å². The van der Waals surface area contributed by atoms with Crippen molar-refractivity contribution in [2.24, 2.45) is 4.99 Å². The Morgan fingerprint density at radius 2 is 1.97 bits per heavy atom. The minimum atomic E-state index is -1.37. The van der Waals surface area contributed by atoms with Gasteiger partial charge in [0.15, 0.2) is 5.96 Å². The maximum atomic E-state index is 12.4. The van der Waals surface area contributed by atoms with Gasteiger partial charge in [-0.25, -0.2) is 9.59 Å². The molecule has 0 radical (unpaired) electrons. The second-order valence-corrected chi connectivity index (χ2v) is 8.46. The molecule has 0 spiro atoms. The maximum Gasteiger partial charge on any atom is 0.408 e. The Bertz CT molecular complexity index is 1110. The van der Waals surface area contributed by atoms with Gasteiger partial charge in [0.1, 0.15) is 12.6 Å². The number of rotatable bonds is 9. The Balaban J connectivity index is 1.45. The molecule has 1 aromatic carbocycles. The fourth-order valence-corrected chi connectivity index (χ4v) is 3.71. The Labute approximate surface area is 205 Å². The lowest BCUT2D eigenvalue weighted by molar-refractivity contribution is -0.139. The molecule has 35 heavy (non-hydrogen) atoms. The number of aliphatic imine (C=N–C) groups is 1.